The van der Waals surface area contributed by atoms with Gasteiger partial charge in [-0.05, 0) is 45.4 Å². The minimum absolute atomic E-state index is 0.182. The third kappa shape index (κ3) is 3.26. The molecule has 4 unspecified atom stereocenters. The molecule has 0 aromatic heterocycles. The molecular formula is C21H37N3O2. The van der Waals surface area contributed by atoms with Crippen molar-refractivity contribution in [2.24, 2.45) is 21.7 Å². The molecule has 0 aromatic rings. The van der Waals surface area contributed by atoms with Crippen molar-refractivity contribution < 1.29 is 9.47 Å². The van der Waals surface area contributed by atoms with Crippen LogP contribution < -0.4 is 5.32 Å². The van der Waals surface area contributed by atoms with Crippen LogP contribution in [0.15, 0.2) is 4.99 Å². The zero-order valence-electron chi connectivity index (χ0n) is 16.9. The summed E-state index contributed by atoms with van der Waals surface area (Å²) in [6.07, 6.45) is 7.95. The van der Waals surface area contributed by atoms with E-state index in [1.165, 1.54) is 38.5 Å². The highest BCUT2D eigenvalue weighted by molar-refractivity contribution is 5.81. The van der Waals surface area contributed by atoms with Gasteiger partial charge in [0.1, 0.15) is 0 Å². The van der Waals surface area contributed by atoms with E-state index >= 15 is 0 Å². The quantitative estimate of drug-likeness (QED) is 0.605. The molecule has 3 heterocycles. The molecule has 1 saturated carbocycles. The molecule has 1 aliphatic carbocycles. The number of fused-ring (bicyclic) bond motifs is 1. The molecule has 4 rings (SSSR count). The molecule has 1 spiro atoms. The van der Waals surface area contributed by atoms with Gasteiger partial charge in [0, 0.05) is 55.6 Å². The molecule has 5 nitrogen and oxygen atoms in total. The monoisotopic (exact) mass is 363 g/mol. The van der Waals surface area contributed by atoms with Crippen molar-refractivity contribution in [2.75, 3.05) is 39.5 Å². The normalized spacial score (nSPS) is 40.0. The van der Waals surface area contributed by atoms with E-state index in [9.17, 15) is 0 Å². The summed E-state index contributed by atoms with van der Waals surface area (Å²) in [5.74, 6) is 1.76. The topological polar surface area (TPSA) is 46.1 Å². The lowest BCUT2D eigenvalue weighted by atomic mass is 9.55. The summed E-state index contributed by atoms with van der Waals surface area (Å²) in [5, 5.41) is 3.89. The zero-order chi connectivity index (χ0) is 18.2. The van der Waals surface area contributed by atoms with Gasteiger partial charge in [-0.25, -0.2) is 0 Å². The van der Waals surface area contributed by atoms with Crippen molar-refractivity contribution in [1.82, 2.24) is 10.2 Å². The molecular weight excluding hydrogens is 326 g/mol. The number of guanidine groups is 1. The van der Waals surface area contributed by atoms with E-state index in [1.807, 2.05) is 0 Å². The van der Waals surface area contributed by atoms with Crippen LogP contribution in [-0.4, -0.2) is 62.5 Å². The Morgan fingerprint density at radius 3 is 2.81 bits per heavy atom. The smallest absolute Gasteiger partial charge is 0.194 e. The third-order valence-electron chi connectivity index (χ3n) is 7.29. The van der Waals surface area contributed by atoms with E-state index in [0.717, 1.165) is 45.4 Å². The van der Waals surface area contributed by atoms with Crippen LogP contribution in [0.25, 0.3) is 0 Å². The summed E-state index contributed by atoms with van der Waals surface area (Å²) in [5.41, 5.74) is 0.527. The summed E-state index contributed by atoms with van der Waals surface area (Å²) >= 11 is 0. The summed E-state index contributed by atoms with van der Waals surface area (Å²) in [7, 11) is 0. The van der Waals surface area contributed by atoms with E-state index in [4.69, 9.17) is 14.5 Å². The van der Waals surface area contributed by atoms with Crippen LogP contribution in [0.5, 0.6) is 0 Å². The van der Waals surface area contributed by atoms with E-state index < -0.39 is 0 Å². The molecule has 26 heavy (non-hydrogen) atoms. The van der Waals surface area contributed by atoms with Gasteiger partial charge in [-0.15, -0.1) is 0 Å². The van der Waals surface area contributed by atoms with E-state index in [2.05, 4.69) is 31.0 Å². The number of likely N-dealkylation sites (tertiary alicyclic amines) is 1. The molecule has 3 saturated heterocycles. The standard InChI is InChI=1S/C21H37N3O2/c1-4-22-19(23-17-16-8-5-13-26-18(16)20(17,2)3)24-11-6-9-21(14-24)10-7-12-25-15-21/h16-18H,4-15H2,1-3H3,(H,22,23). The summed E-state index contributed by atoms with van der Waals surface area (Å²) < 4.78 is 12.0. The van der Waals surface area contributed by atoms with Crippen molar-refractivity contribution in [3.05, 3.63) is 0 Å². The van der Waals surface area contributed by atoms with Crippen molar-refractivity contribution in [3.63, 3.8) is 0 Å². The fourth-order valence-corrected chi connectivity index (χ4v) is 5.96. The first-order chi connectivity index (χ1) is 12.6. The lowest BCUT2D eigenvalue weighted by Gasteiger charge is -2.60. The molecule has 4 aliphatic rings. The van der Waals surface area contributed by atoms with Crippen LogP contribution in [0, 0.1) is 16.7 Å². The van der Waals surface area contributed by atoms with Gasteiger partial charge in [0.15, 0.2) is 5.96 Å². The highest BCUT2D eigenvalue weighted by Gasteiger charge is 2.58. The number of aliphatic imine (C=N–C) groups is 1. The average molecular weight is 364 g/mol. The Hall–Kier alpha value is -0.810. The van der Waals surface area contributed by atoms with Gasteiger partial charge in [-0.3, -0.25) is 4.99 Å². The Labute approximate surface area is 158 Å². The van der Waals surface area contributed by atoms with Gasteiger partial charge in [0.2, 0.25) is 0 Å². The molecule has 0 bridgehead atoms. The Bertz CT molecular complexity index is 522. The van der Waals surface area contributed by atoms with Crippen LogP contribution >= 0.6 is 0 Å². The predicted octanol–water partition coefficient (Wildman–Crippen LogP) is 3.05. The van der Waals surface area contributed by atoms with Crippen LogP contribution in [0.3, 0.4) is 0 Å². The maximum atomic E-state index is 6.09. The largest absolute Gasteiger partial charge is 0.381 e. The van der Waals surface area contributed by atoms with E-state index in [0.29, 0.717) is 23.5 Å². The SMILES string of the molecule is CCN=C(NC1C2CCCOC2C1(C)C)N1CCCC2(CCCOC2)C1. The molecule has 4 fully saturated rings. The molecule has 4 atom stereocenters. The number of rotatable bonds is 2. The first-order valence-corrected chi connectivity index (χ1v) is 10.8. The van der Waals surface area contributed by atoms with Crippen molar-refractivity contribution in [2.45, 2.75) is 71.4 Å². The Balaban J connectivity index is 1.47. The summed E-state index contributed by atoms with van der Waals surface area (Å²) in [4.78, 5) is 7.42. The van der Waals surface area contributed by atoms with Crippen LogP contribution in [0.4, 0.5) is 0 Å². The first kappa shape index (κ1) is 18.5. The highest BCUT2D eigenvalue weighted by Crippen LogP contribution is 2.51. The van der Waals surface area contributed by atoms with Crippen molar-refractivity contribution >= 4 is 5.96 Å². The molecule has 1 N–H and O–H groups in total. The van der Waals surface area contributed by atoms with Crippen LogP contribution in [-0.2, 0) is 9.47 Å². The fourth-order valence-electron chi connectivity index (χ4n) is 5.96. The van der Waals surface area contributed by atoms with Crippen LogP contribution in [0.1, 0.15) is 59.3 Å². The van der Waals surface area contributed by atoms with E-state index in [1.54, 1.807) is 0 Å². The lowest BCUT2D eigenvalue weighted by Crippen LogP contribution is -2.71. The Morgan fingerprint density at radius 2 is 2.04 bits per heavy atom. The van der Waals surface area contributed by atoms with Gasteiger partial charge >= 0.3 is 0 Å². The second kappa shape index (κ2) is 7.31. The molecule has 0 aromatic carbocycles. The average Bonchev–Trinajstić information content (AvgIpc) is 2.65. The molecule has 148 valence electrons. The Kier molecular flexibility index (Phi) is 5.21. The second-order valence-electron chi connectivity index (χ2n) is 9.52. The maximum absolute atomic E-state index is 6.09. The Morgan fingerprint density at radius 1 is 1.19 bits per heavy atom. The molecule has 0 radical (unpaired) electrons. The number of piperidine rings is 1. The number of nitrogens with zero attached hydrogens (tertiary/aromatic N) is 2. The van der Waals surface area contributed by atoms with E-state index in [-0.39, 0.29) is 5.41 Å². The second-order valence-corrected chi connectivity index (χ2v) is 9.52. The van der Waals surface area contributed by atoms with Crippen LogP contribution in [0.2, 0.25) is 0 Å². The van der Waals surface area contributed by atoms with Crippen molar-refractivity contribution in [3.8, 4) is 0 Å². The maximum Gasteiger partial charge on any atom is 0.194 e. The summed E-state index contributed by atoms with van der Waals surface area (Å²) in [6.45, 7) is 12.7. The summed E-state index contributed by atoms with van der Waals surface area (Å²) in [6, 6.07) is 0.471. The van der Waals surface area contributed by atoms with Gasteiger partial charge < -0.3 is 19.7 Å². The molecule has 0 amide bonds. The van der Waals surface area contributed by atoms with Crippen molar-refractivity contribution in [1.29, 1.82) is 0 Å². The minimum Gasteiger partial charge on any atom is -0.381 e. The van der Waals surface area contributed by atoms with Gasteiger partial charge in [0.05, 0.1) is 12.7 Å². The lowest BCUT2D eigenvalue weighted by molar-refractivity contribution is -0.189. The highest BCUT2D eigenvalue weighted by atomic mass is 16.5. The zero-order valence-corrected chi connectivity index (χ0v) is 16.9. The third-order valence-corrected chi connectivity index (χ3v) is 7.29. The molecule has 5 heteroatoms. The number of hydrogen-bond donors (Lipinski definition) is 1. The number of hydrogen-bond acceptors (Lipinski definition) is 3. The first-order valence-electron chi connectivity index (χ1n) is 10.8. The van der Waals surface area contributed by atoms with Gasteiger partial charge in [-0.2, -0.15) is 0 Å². The predicted molar refractivity (Wildman–Crippen MR) is 104 cm³/mol. The van der Waals surface area contributed by atoms with Gasteiger partial charge in [0.25, 0.3) is 0 Å². The molecule has 3 aliphatic heterocycles. The minimum atomic E-state index is 0.182. The van der Waals surface area contributed by atoms with Gasteiger partial charge in [-0.1, -0.05) is 13.8 Å². The number of nitrogens with one attached hydrogen (secondary N) is 1. The number of ether oxygens (including phenoxy) is 2. The fraction of sp³-hybridized carbons (Fsp3) is 0.952.